The predicted molar refractivity (Wildman–Crippen MR) is 41.9 cm³/mol. The quantitative estimate of drug-likeness (QED) is 0.535. The van der Waals surface area contributed by atoms with Gasteiger partial charge in [-0.3, -0.25) is 4.79 Å². The highest BCUT2D eigenvalue weighted by atomic mass is 79.9. The van der Waals surface area contributed by atoms with Crippen molar-refractivity contribution in [1.29, 1.82) is 0 Å². The van der Waals surface area contributed by atoms with E-state index in [1.165, 1.54) is 0 Å². The largest absolute Gasteiger partial charge is 0.299 e. The Kier molecular flexibility index (Phi) is 5.99. The lowest BCUT2D eigenvalue weighted by Gasteiger charge is -1.90. The second-order valence-corrected chi connectivity index (χ2v) is 2.60. The van der Waals surface area contributed by atoms with E-state index in [1.807, 2.05) is 0 Å². The highest BCUT2D eigenvalue weighted by Gasteiger charge is 1.94. The van der Waals surface area contributed by atoms with Gasteiger partial charge in [0.15, 0.2) is 0 Å². The third-order valence-electron chi connectivity index (χ3n) is 0.766. The van der Waals surface area contributed by atoms with Crippen LogP contribution in [-0.2, 0) is 4.79 Å². The summed E-state index contributed by atoms with van der Waals surface area (Å²) in [5, 5.41) is 0.909. The van der Waals surface area contributed by atoms with Gasteiger partial charge >= 0.3 is 0 Å². The summed E-state index contributed by atoms with van der Waals surface area (Å²) in [5.41, 5.74) is 0. The van der Waals surface area contributed by atoms with Crippen molar-refractivity contribution in [2.24, 2.45) is 0 Å². The average molecular weight is 197 g/mol. The molecule has 0 spiro atoms. The lowest BCUT2D eigenvalue weighted by atomic mass is 10.3. The van der Waals surface area contributed by atoms with Crippen LogP contribution in [0.15, 0.2) is 0 Å². The summed E-state index contributed by atoms with van der Waals surface area (Å²) >= 11 is 7.05. The number of hydrogen-bond acceptors (Lipinski definition) is 2. The zero-order valence-corrected chi connectivity index (χ0v) is 7.04. The molecular weight excluding hydrogens is 188 g/mol. The van der Waals surface area contributed by atoms with Crippen molar-refractivity contribution >= 4 is 34.3 Å². The highest BCUT2D eigenvalue weighted by molar-refractivity contribution is 9.09. The molecule has 0 fully saturated rings. The third-order valence-corrected chi connectivity index (χ3v) is 1.68. The summed E-state index contributed by atoms with van der Waals surface area (Å²) in [5.74, 6) is 0.611. The molecule has 0 aromatic heterocycles. The average Bonchev–Trinajstić information content (AvgIpc) is 1.83. The van der Waals surface area contributed by atoms with E-state index in [9.17, 15) is 4.79 Å². The molecule has 0 aliphatic heterocycles. The third kappa shape index (κ3) is 4.65. The Bertz CT molecular complexity index is 74.8. The van der Waals surface area contributed by atoms with E-state index in [-0.39, 0.29) is 5.78 Å². The van der Waals surface area contributed by atoms with Gasteiger partial charge in [0.25, 0.3) is 0 Å². The van der Waals surface area contributed by atoms with Crippen LogP contribution < -0.4 is 0 Å². The van der Waals surface area contributed by atoms with Gasteiger partial charge in [0.2, 0.25) is 0 Å². The van der Waals surface area contributed by atoms with Gasteiger partial charge in [-0.2, -0.15) is 12.6 Å². The molecule has 0 heterocycles. The summed E-state index contributed by atoms with van der Waals surface area (Å²) in [6, 6.07) is 0. The Labute approximate surface area is 63.4 Å². The van der Waals surface area contributed by atoms with E-state index in [2.05, 4.69) is 28.6 Å². The van der Waals surface area contributed by atoms with Gasteiger partial charge in [-0.25, -0.2) is 0 Å². The summed E-state index contributed by atoms with van der Waals surface area (Å²) in [7, 11) is 0. The molecule has 0 aromatic carbocycles. The first-order valence-electron chi connectivity index (χ1n) is 2.49. The van der Waals surface area contributed by atoms with E-state index in [0.29, 0.717) is 12.2 Å². The van der Waals surface area contributed by atoms with Crippen molar-refractivity contribution in [1.82, 2.24) is 0 Å². The van der Waals surface area contributed by atoms with Gasteiger partial charge in [0, 0.05) is 17.5 Å². The van der Waals surface area contributed by atoms with Crippen molar-refractivity contribution < 1.29 is 4.79 Å². The highest BCUT2D eigenvalue weighted by Crippen LogP contribution is 1.95. The monoisotopic (exact) mass is 196 g/mol. The summed E-state index contributed by atoms with van der Waals surface area (Å²) in [6.45, 7) is 0. The maximum absolute atomic E-state index is 10.5. The second-order valence-electron chi connectivity index (χ2n) is 1.49. The van der Waals surface area contributed by atoms with Crippen molar-refractivity contribution in [2.45, 2.75) is 12.8 Å². The maximum atomic E-state index is 10.5. The minimum Gasteiger partial charge on any atom is -0.299 e. The van der Waals surface area contributed by atoms with Gasteiger partial charge in [-0.1, -0.05) is 15.9 Å². The number of thiol groups is 1. The fourth-order valence-corrected chi connectivity index (χ4v) is 0.782. The Morgan fingerprint density at radius 1 is 1.62 bits per heavy atom. The number of Topliss-reactive ketones (excluding diaryl/α,β-unsaturated/α-hetero) is 1. The molecule has 3 heteroatoms. The van der Waals surface area contributed by atoms with Crippen LogP contribution in [0.5, 0.6) is 0 Å². The first-order chi connectivity index (χ1) is 3.81. The molecule has 0 bridgehead atoms. The Balaban J connectivity index is 2.99. The van der Waals surface area contributed by atoms with Crippen LogP contribution in [0.3, 0.4) is 0 Å². The number of hydrogen-bond donors (Lipinski definition) is 1. The Morgan fingerprint density at radius 2 is 2.25 bits per heavy atom. The molecule has 0 aliphatic carbocycles. The fraction of sp³-hybridized carbons (Fsp3) is 0.800. The minimum absolute atomic E-state index is 0.229. The van der Waals surface area contributed by atoms with Crippen LogP contribution in [0.4, 0.5) is 0 Å². The molecule has 0 amide bonds. The zero-order valence-electron chi connectivity index (χ0n) is 4.56. The van der Waals surface area contributed by atoms with Gasteiger partial charge < -0.3 is 0 Å². The molecule has 0 rings (SSSR count). The minimum atomic E-state index is 0.229. The van der Waals surface area contributed by atoms with Gasteiger partial charge in [-0.15, -0.1) is 0 Å². The molecule has 0 unspecified atom stereocenters. The molecule has 0 aromatic rings. The van der Waals surface area contributed by atoms with E-state index >= 15 is 0 Å². The van der Waals surface area contributed by atoms with Crippen LogP contribution in [0, 0.1) is 0 Å². The van der Waals surface area contributed by atoms with E-state index in [1.54, 1.807) is 0 Å². The van der Waals surface area contributed by atoms with E-state index in [4.69, 9.17) is 0 Å². The lowest BCUT2D eigenvalue weighted by Crippen LogP contribution is -1.98. The number of ketones is 1. The number of halogens is 1. The van der Waals surface area contributed by atoms with Crippen LogP contribution >= 0.6 is 28.6 Å². The number of carbonyl (C=O) groups is 1. The molecule has 0 N–H and O–H groups in total. The van der Waals surface area contributed by atoms with Gasteiger partial charge in [0.1, 0.15) is 5.78 Å². The van der Waals surface area contributed by atoms with E-state index < -0.39 is 0 Å². The van der Waals surface area contributed by atoms with Gasteiger partial charge in [-0.05, 0) is 6.42 Å². The van der Waals surface area contributed by atoms with Crippen molar-refractivity contribution in [3.05, 3.63) is 0 Å². The molecule has 0 radical (unpaired) electrons. The smallest absolute Gasteiger partial charge is 0.142 e. The molecule has 8 heavy (non-hydrogen) atoms. The fourth-order valence-electron chi connectivity index (χ4n) is 0.343. The molecule has 48 valence electrons. The second kappa shape index (κ2) is 5.63. The predicted octanol–water partition coefficient (Wildman–Crippen LogP) is 1.66. The number of alkyl halides is 1. The summed E-state index contributed by atoms with van der Waals surface area (Å²) in [6.07, 6.45) is 1.59. The molecular formula is C5H9BrOS. The maximum Gasteiger partial charge on any atom is 0.142 e. The molecule has 0 saturated carbocycles. The molecule has 1 nitrogen and oxygen atoms in total. The SMILES string of the molecule is O=C(CS)CCCBr. The topological polar surface area (TPSA) is 17.1 Å². The van der Waals surface area contributed by atoms with Crippen LogP contribution in [0.1, 0.15) is 12.8 Å². The Morgan fingerprint density at radius 3 is 2.62 bits per heavy atom. The van der Waals surface area contributed by atoms with Gasteiger partial charge in [0.05, 0.1) is 0 Å². The molecule has 0 atom stereocenters. The van der Waals surface area contributed by atoms with Crippen LogP contribution in [0.2, 0.25) is 0 Å². The molecule has 0 aliphatic rings. The first kappa shape index (κ1) is 8.50. The summed E-state index contributed by atoms with van der Waals surface area (Å²) in [4.78, 5) is 10.5. The lowest BCUT2D eigenvalue weighted by molar-refractivity contribution is -0.116. The summed E-state index contributed by atoms with van der Waals surface area (Å²) < 4.78 is 0. The normalized spacial score (nSPS) is 9.25. The first-order valence-corrected chi connectivity index (χ1v) is 4.25. The Hall–Kier alpha value is 0.500. The van der Waals surface area contributed by atoms with Crippen molar-refractivity contribution in [2.75, 3.05) is 11.1 Å². The standard InChI is InChI=1S/C5H9BrOS/c6-3-1-2-5(7)4-8/h8H,1-4H2. The van der Waals surface area contributed by atoms with Crippen LogP contribution in [0.25, 0.3) is 0 Å². The van der Waals surface area contributed by atoms with Crippen molar-refractivity contribution in [3.8, 4) is 0 Å². The van der Waals surface area contributed by atoms with E-state index in [0.717, 1.165) is 11.8 Å². The number of rotatable bonds is 4. The number of carbonyl (C=O) groups excluding carboxylic acids is 1. The van der Waals surface area contributed by atoms with Crippen LogP contribution in [-0.4, -0.2) is 16.9 Å². The van der Waals surface area contributed by atoms with Crippen molar-refractivity contribution in [3.63, 3.8) is 0 Å². The zero-order chi connectivity index (χ0) is 6.41. The molecule has 0 saturated heterocycles.